The molecule has 0 radical (unpaired) electrons. The van der Waals surface area contributed by atoms with Crippen LogP contribution in [0.3, 0.4) is 0 Å². The maximum atomic E-state index is 11.1. The number of quaternary nitrogens is 1. The number of carbonyl (C=O) groups is 1. The second-order valence-electron chi connectivity index (χ2n) is 2.59. The molecule has 0 saturated carbocycles. The van der Waals surface area contributed by atoms with Crippen molar-refractivity contribution in [2.75, 3.05) is 4.72 Å². The Balaban J connectivity index is 2.52. The van der Waals surface area contributed by atoms with Crippen LogP contribution < -0.4 is 8.94 Å². The fourth-order valence-electron chi connectivity index (χ4n) is 1.11. The number of benzene rings is 1. The second-order valence-corrected chi connectivity index (χ2v) is 3.45. The van der Waals surface area contributed by atoms with Crippen molar-refractivity contribution in [3.05, 3.63) is 34.2 Å². The van der Waals surface area contributed by atoms with Crippen LogP contribution in [-0.4, -0.2) is 6.29 Å². The van der Waals surface area contributed by atoms with Crippen LogP contribution in [0.15, 0.2) is 18.2 Å². The number of aldehydes is 1. The van der Waals surface area contributed by atoms with Crippen LogP contribution >= 0.6 is 12.1 Å². The smallest absolute Gasteiger partial charge is 0.205 e. The summed E-state index contributed by atoms with van der Waals surface area (Å²) >= 11 is 0.508. The number of fused-ring (bicyclic) bond motifs is 1. The molecule has 6 heteroatoms. The van der Waals surface area contributed by atoms with E-state index in [0.717, 1.165) is 0 Å². The topological polar surface area (TPSA) is 75.2 Å². The summed E-state index contributed by atoms with van der Waals surface area (Å²) in [6.07, 6.45) is 0.662. The third kappa shape index (κ3) is 1.29. The van der Waals surface area contributed by atoms with Crippen molar-refractivity contribution in [3.63, 3.8) is 0 Å². The van der Waals surface area contributed by atoms with Gasteiger partial charge in [-0.15, -0.1) is 0 Å². The molecule has 1 heterocycles. The highest BCUT2D eigenvalue weighted by Gasteiger charge is 2.25. The Morgan fingerprint density at radius 1 is 1.46 bits per heavy atom. The van der Waals surface area contributed by atoms with Crippen LogP contribution in [0.1, 0.15) is 10.4 Å². The molecule has 0 aromatic heterocycles. The van der Waals surface area contributed by atoms with E-state index in [1.807, 2.05) is 0 Å². The second kappa shape index (κ2) is 2.71. The highest BCUT2D eigenvalue weighted by atomic mass is 32.2. The number of nitrogens with one attached hydrogen (secondary N) is 1. The zero-order chi connectivity index (χ0) is 9.47. The van der Waals surface area contributed by atoms with E-state index in [2.05, 4.69) is 4.72 Å². The summed E-state index contributed by atoms with van der Waals surface area (Å²) in [5.74, 6) is 0. The Bertz CT molecular complexity index is 367. The van der Waals surface area contributed by atoms with Crippen molar-refractivity contribution in [2.45, 2.75) is 0 Å². The summed E-state index contributed by atoms with van der Waals surface area (Å²) in [4.78, 5) is 10.4. The summed E-state index contributed by atoms with van der Waals surface area (Å²) in [5.41, 5.74) is 0.948. The first kappa shape index (κ1) is 8.52. The largest absolute Gasteiger partial charge is 0.612 e. The Labute approximate surface area is 78.4 Å². The van der Waals surface area contributed by atoms with E-state index in [9.17, 15) is 15.2 Å². The van der Waals surface area contributed by atoms with Gasteiger partial charge in [0.15, 0.2) is 5.69 Å². The molecule has 5 nitrogen and oxygen atoms in total. The Kier molecular flexibility index (Phi) is 1.77. The number of nitrogens with zero attached hydrogens (tertiary/aromatic N) is 1. The van der Waals surface area contributed by atoms with E-state index < -0.39 is 4.21 Å². The SMILES string of the molecule is O=Cc1ccc2c(c1)NS[N+]2([O-])[O-]. The van der Waals surface area contributed by atoms with Crippen LogP contribution in [0.2, 0.25) is 0 Å². The molecule has 1 aliphatic heterocycles. The van der Waals surface area contributed by atoms with Crippen LogP contribution in [0.4, 0.5) is 11.4 Å². The zero-order valence-electron chi connectivity index (χ0n) is 6.39. The molecule has 1 aliphatic rings. The standard InChI is InChI=1S/C7H5N2O3S/c10-4-5-1-2-7-6(3-5)8-13-9(7,11)12/h1-4,8H/q-1. The van der Waals surface area contributed by atoms with Crippen molar-refractivity contribution in [3.8, 4) is 0 Å². The lowest BCUT2D eigenvalue weighted by Gasteiger charge is -2.37. The summed E-state index contributed by atoms with van der Waals surface area (Å²) in [5, 5.41) is 22.2. The summed E-state index contributed by atoms with van der Waals surface area (Å²) in [6, 6.07) is 4.29. The molecule has 0 atom stereocenters. The van der Waals surface area contributed by atoms with Gasteiger partial charge in [-0.05, 0) is 12.1 Å². The predicted molar refractivity (Wildman–Crippen MR) is 51.6 cm³/mol. The first-order valence-corrected chi connectivity index (χ1v) is 4.26. The van der Waals surface area contributed by atoms with E-state index in [4.69, 9.17) is 0 Å². The minimum absolute atomic E-state index is 0.0931. The summed E-state index contributed by atoms with van der Waals surface area (Å²) in [7, 11) is 0. The monoisotopic (exact) mass is 197 g/mol. The Hall–Kier alpha value is -1.08. The van der Waals surface area contributed by atoms with Gasteiger partial charge in [-0.2, -0.15) is 0 Å². The third-order valence-corrected chi connectivity index (χ3v) is 2.48. The molecule has 1 aromatic carbocycles. The minimum Gasteiger partial charge on any atom is -0.612 e. The molecule has 0 saturated heterocycles. The molecule has 0 fully saturated rings. The molecular weight excluding hydrogens is 192 g/mol. The van der Waals surface area contributed by atoms with E-state index in [1.54, 1.807) is 0 Å². The normalized spacial score (nSPS) is 17.7. The maximum absolute atomic E-state index is 11.1. The maximum Gasteiger partial charge on any atom is 0.205 e. The third-order valence-electron chi connectivity index (χ3n) is 1.73. The molecular formula is C7H5N2O3S-. The van der Waals surface area contributed by atoms with E-state index in [0.29, 0.717) is 29.7 Å². The average molecular weight is 197 g/mol. The van der Waals surface area contributed by atoms with Crippen molar-refractivity contribution in [1.82, 2.24) is 4.21 Å². The van der Waals surface area contributed by atoms with Gasteiger partial charge in [0.25, 0.3) is 0 Å². The lowest BCUT2D eigenvalue weighted by atomic mass is 10.2. The van der Waals surface area contributed by atoms with E-state index in [-0.39, 0.29) is 5.69 Å². The first-order chi connectivity index (χ1) is 6.13. The number of hydrogen-bond donors (Lipinski definition) is 1. The molecule has 1 N–H and O–H groups in total. The molecule has 68 valence electrons. The Morgan fingerprint density at radius 2 is 2.23 bits per heavy atom. The molecule has 0 unspecified atom stereocenters. The zero-order valence-corrected chi connectivity index (χ0v) is 7.21. The summed E-state index contributed by atoms with van der Waals surface area (Å²) in [6.45, 7) is 0. The highest BCUT2D eigenvalue weighted by Crippen LogP contribution is 2.44. The van der Waals surface area contributed by atoms with E-state index in [1.165, 1.54) is 18.2 Å². The predicted octanol–water partition coefficient (Wildman–Crippen LogP) is 1.79. The van der Waals surface area contributed by atoms with Crippen LogP contribution in [0, 0.1) is 10.4 Å². The molecule has 1 aromatic rings. The van der Waals surface area contributed by atoms with Gasteiger partial charge in [-0.1, -0.05) is 0 Å². The number of anilines is 1. The summed E-state index contributed by atoms with van der Waals surface area (Å²) < 4.78 is 0.815. The lowest BCUT2D eigenvalue weighted by Crippen LogP contribution is -2.23. The highest BCUT2D eigenvalue weighted by molar-refractivity contribution is 8.00. The van der Waals surface area contributed by atoms with Crippen LogP contribution in [0.5, 0.6) is 0 Å². The molecule has 0 bridgehead atoms. The average Bonchev–Trinajstić information content (AvgIpc) is 2.42. The number of carbonyl (C=O) groups excluding carboxylic acids is 1. The van der Waals surface area contributed by atoms with Crippen molar-refractivity contribution in [2.24, 2.45) is 0 Å². The Morgan fingerprint density at radius 3 is 2.92 bits per heavy atom. The molecule has 0 aliphatic carbocycles. The quantitative estimate of drug-likeness (QED) is 0.321. The first-order valence-electron chi connectivity index (χ1n) is 3.49. The van der Waals surface area contributed by atoms with Gasteiger partial charge in [-0.25, -0.2) is 0 Å². The van der Waals surface area contributed by atoms with Crippen LogP contribution in [-0.2, 0) is 0 Å². The molecule has 13 heavy (non-hydrogen) atoms. The number of rotatable bonds is 1. The fourth-order valence-corrected chi connectivity index (χ4v) is 1.75. The number of hydrogen-bond acceptors (Lipinski definition) is 5. The minimum atomic E-state index is -1.76. The van der Waals surface area contributed by atoms with Gasteiger partial charge in [0.1, 0.15) is 12.0 Å². The van der Waals surface area contributed by atoms with Gasteiger partial charge in [0.05, 0.1) is 0 Å². The molecule has 0 spiro atoms. The van der Waals surface area contributed by atoms with Gasteiger partial charge in [-0.3, -0.25) is 13.7 Å². The fraction of sp³-hybridized carbons (Fsp3) is 0. The van der Waals surface area contributed by atoms with E-state index >= 15 is 0 Å². The van der Waals surface area contributed by atoms with Crippen LogP contribution in [0.25, 0.3) is 0 Å². The van der Waals surface area contributed by atoms with Gasteiger partial charge >= 0.3 is 0 Å². The van der Waals surface area contributed by atoms with Gasteiger partial charge in [0.2, 0.25) is 12.1 Å². The van der Waals surface area contributed by atoms with Gasteiger partial charge < -0.3 is 10.4 Å². The lowest BCUT2D eigenvalue weighted by molar-refractivity contribution is 0.112. The molecule has 2 rings (SSSR count). The van der Waals surface area contributed by atoms with Crippen molar-refractivity contribution < 1.29 is 4.79 Å². The van der Waals surface area contributed by atoms with Crippen molar-refractivity contribution in [1.29, 1.82) is 0 Å². The van der Waals surface area contributed by atoms with Gasteiger partial charge in [0, 0.05) is 11.6 Å². The molecule has 0 amide bonds. The van der Waals surface area contributed by atoms with Crippen molar-refractivity contribution >= 4 is 29.8 Å².